The van der Waals surface area contributed by atoms with E-state index < -0.39 is 16.0 Å². The highest BCUT2D eigenvalue weighted by Crippen LogP contribution is 2.31. The molecule has 3 rings (SSSR count). The summed E-state index contributed by atoms with van der Waals surface area (Å²) < 4.78 is 32.9. The van der Waals surface area contributed by atoms with Gasteiger partial charge in [-0.05, 0) is 37.5 Å². The fourth-order valence-corrected chi connectivity index (χ4v) is 4.43. The molecule has 1 aliphatic rings. The lowest BCUT2D eigenvalue weighted by molar-refractivity contribution is 0.0696. The van der Waals surface area contributed by atoms with Crippen molar-refractivity contribution < 1.29 is 22.7 Å². The smallest absolute Gasteiger partial charge is 0.335 e. The molecule has 0 bridgehead atoms. The van der Waals surface area contributed by atoms with Gasteiger partial charge in [0.2, 0.25) is 10.0 Å². The van der Waals surface area contributed by atoms with Crippen molar-refractivity contribution in [2.45, 2.75) is 56.3 Å². The van der Waals surface area contributed by atoms with Crippen molar-refractivity contribution in [1.82, 2.24) is 9.71 Å². The van der Waals surface area contributed by atoms with Crippen LogP contribution in [-0.4, -0.2) is 31.0 Å². The van der Waals surface area contributed by atoms with Crippen LogP contribution in [0.4, 0.5) is 0 Å². The molecule has 1 aromatic heterocycles. The van der Waals surface area contributed by atoms with Crippen molar-refractivity contribution in [3.05, 3.63) is 47.2 Å². The predicted octanol–water partition coefficient (Wildman–Crippen LogP) is 3.25. The van der Waals surface area contributed by atoms with Gasteiger partial charge in [0.15, 0.2) is 5.89 Å². The number of hydrogen-bond donors (Lipinski definition) is 2. The molecule has 0 radical (unpaired) electrons. The number of nitrogens with one attached hydrogen (secondary N) is 1. The van der Waals surface area contributed by atoms with Crippen molar-refractivity contribution in [3.63, 3.8) is 0 Å². The molecule has 7 nitrogen and oxygen atoms in total. The molecular weight excluding hydrogens is 368 g/mol. The standard InChI is InChI=1S/C19H24N2O5S/c1-13-7-8-16(11-17(13)19(22)23)27(24,25)20-10-9-15-12-26-18(21-15)14-5-3-2-4-6-14/h7-8,11-12,14,20H,2-6,9-10H2,1H3,(H,22,23). The van der Waals surface area contributed by atoms with E-state index in [0.29, 0.717) is 23.6 Å². The van der Waals surface area contributed by atoms with E-state index in [4.69, 9.17) is 9.52 Å². The monoisotopic (exact) mass is 392 g/mol. The number of carbonyl (C=O) groups is 1. The molecule has 0 spiro atoms. The highest BCUT2D eigenvalue weighted by molar-refractivity contribution is 7.89. The predicted molar refractivity (Wildman–Crippen MR) is 99.4 cm³/mol. The van der Waals surface area contributed by atoms with Crippen LogP contribution in [0.2, 0.25) is 0 Å². The number of rotatable bonds is 7. The largest absolute Gasteiger partial charge is 0.478 e. The van der Waals surface area contributed by atoms with E-state index in [0.717, 1.165) is 18.7 Å². The zero-order chi connectivity index (χ0) is 19.4. The number of carboxylic acid groups (broad SMARTS) is 1. The SMILES string of the molecule is Cc1ccc(S(=O)(=O)NCCc2coc(C3CCCCC3)n2)cc1C(=O)O. The average molecular weight is 392 g/mol. The highest BCUT2D eigenvalue weighted by atomic mass is 32.2. The van der Waals surface area contributed by atoms with Crippen molar-refractivity contribution in [2.24, 2.45) is 0 Å². The molecule has 1 fully saturated rings. The van der Waals surface area contributed by atoms with E-state index in [2.05, 4.69) is 9.71 Å². The number of aromatic carboxylic acids is 1. The second-order valence-corrected chi connectivity index (χ2v) is 8.71. The Morgan fingerprint density at radius 2 is 2.04 bits per heavy atom. The summed E-state index contributed by atoms with van der Waals surface area (Å²) in [6, 6.07) is 4.07. The lowest BCUT2D eigenvalue weighted by atomic mass is 9.89. The van der Waals surface area contributed by atoms with Crippen molar-refractivity contribution in [2.75, 3.05) is 6.54 Å². The normalized spacial score (nSPS) is 15.7. The molecule has 146 valence electrons. The molecule has 27 heavy (non-hydrogen) atoms. The van der Waals surface area contributed by atoms with Crippen LogP contribution in [0.1, 0.15) is 65.5 Å². The lowest BCUT2D eigenvalue weighted by Crippen LogP contribution is -2.26. The first-order valence-corrected chi connectivity index (χ1v) is 10.6. The van der Waals surface area contributed by atoms with Crippen LogP contribution in [-0.2, 0) is 16.4 Å². The first kappa shape index (κ1) is 19.6. The van der Waals surface area contributed by atoms with Gasteiger partial charge in [-0.3, -0.25) is 0 Å². The maximum absolute atomic E-state index is 12.4. The van der Waals surface area contributed by atoms with Crippen LogP contribution in [0.25, 0.3) is 0 Å². The topological polar surface area (TPSA) is 110 Å². The zero-order valence-corrected chi connectivity index (χ0v) is 16.1. The van der Waals surface area contributed by atoms with Gasteiger partial charge in [0.1, 0.15) is 6.26 Å². The maximum atomic E-state index is 12.4. The Bertz CT molecular complexity index is 914. The van der Waals surface area contributed by atoms with Gasteiger partial charge in [0.25, 0.3) is 0 Å². The lowest BCUT2D eigenvalue weighted by Gasteiger charge is -2.17. The summed E-state index contributed by atoms with van der Waals surface area (Å²) in [5.41, 5.74) is 1.21. The third-order valence-electron chi connectivity index (χ3n) is 4.95. The Morgan fingerprint density at radius 1 is 1.30 bits per heavy atom. The van der Waals surface area contributed by atoms with E-state index in [-0.39, 0.29) is 17.0 Å². The number of aryl methyl sites for hydroxylation is 1. The summed E-state index contributed by atoms with van der Waals surface area (Å²) >= 11 is 0. The number of sulfonamides is 1. The second-order valence-electron chi connectivity index (χ2n) is 6.94. The molecule has 1 aromatic carbocycles. The van der Waals surface area contributed by atoms with Crippen LogP contribution in [0.15, 0.2) is 33.8 Å². The summed E-state index contributed by atoms with van der Waals surface area (Å²) in [4.78, 5) is 15.6. The molecule has 1 aliphatic carbocycles. The molecule has 2 aromatic rings. The van der Waals surface area contributed by atoms with Gasteiger partial charge in [-0.1, -0.05) is 25.3 Å². The minimum absolute atomic E-state index is 0.0218. The Hall–Kier alpha value is -2.19. The number of aromatic nitrogens is 1. The van der Waals surface area contributed by atoms with Gasteiger partial charge in [0.05, 0.1) is 16.2 Å². The summed E-state index contributed by atoms with van der Waals surface area (Å²) in [6.45, 7) is 1.79. The van der Waals surface area contributed by atoms with E-state index in [9.17, 15) is 13.2 Å². The molecule has 0 saturated heterocycles. The van der Waals surface area contributed by atoms with Crippen LogP contribution in [0, 0.1) is 6.92 Å². The van der Waals surface area contributed by atoms with Crippen LogP contribution < -0.4 is 4.72 Å². The molecular formula is C19H24N2O5S. The number of hydrogen-bond acceptors (Lipinski definition) is 5. The minimum Gasteiger partial charge on any atom is -0.478 e. The van der Waals surface area contributed by atoms with Crippen molar-refractivity contribution in [3.8, 4) is 0 Å². The Kier molecular flexibility index (Phi) is 5.96. The van der Waals surface area contributed by atoms with Gasteiger partial charge in [0, 0.05) is 18.9 Å². The second kappa shape index (κ2) is 8.22. The maximum Gasteiger partial charge on any atom is 0.335 e. The van der Waals surface area contributed by atoms with Crippen molar-refractivity contribution >= 4 is 16.0 Å². The first-order valence-electron chi connectivity index (χ1n) is 9.15. The van der Waals surface area contributed by atoms with Gasteiger partial charge in [-0.15, -0.1) is 0 Å². The molecule has 0 aliphatic heterocycles. The molecule has 1 saturated carbocycles. The summed E-state index contributed by atoms with van der Waals surface area (Å²) in [5.74, 6) is -0.0363. The number of oxazole rings is 1. The third-order valence-corrected chi connectivity index (χ3v) is 6.41. The summed E-state index contributed by atoms with van der Waals surface area (Å²) in [6.07, 6.45) is 7.82. The Labute approximate surface area is 158 Å². The van der Waals surface area contributed by atoms with Crippen LogP contribution in [0.5, 0.6) is 0 Å². The van der Waals surface area contributed by atoms with Gasteiger partial charge < -0.3 is 9.52 Å². The Morgan fingerprint density at radius 3 is 2.74 bits per heavy atom. The van der Waals surface area contributed by atoms with E-state index in [1.165, 1.54) is 37.5 Å². The summed E-state index contributed by atoms with van der Waals surface area (Å²) in [5, 5.41) is 9.16. The van der Waals surface area contributed by atoms with E-state index >= 15 is 0 Å². The molecule has 0 atom stereocenters. The fourth-order valence-electron chi connectivity index (χ4n) is 3.37. The Balaban J connectivity index is 1.60. The fraction of sp³-hybridized carbons (Fsp3) is 0.474. The van der Waals surface area contributed by atoms with Gasteiger partial charge in [-0.2, -0.15) is 0 Å². The van der Waals surface area contributed by atoms with E-state index in [1.807, 2.05) is 0 Å². The van der Waals surface area contributed by atoms with E-state index in [1.54, 1.807) is 13.2 Å². The third kappa shape index (κ3) is 4.75. The minimum atomic E-state index is -3.79. The molecule has 2 N–H and O–H groups in total. The quantitative estimate of drug-likeness (QED) is 0.748. The zero-order valence-electron chi connectivity index (χ0n) is 15.3. The molecule has 0 unspecified atom stereocenters. The molecule has 8 heteroatoms. The van der Waals surface area contributed by atoms with Crippen molar-refractivity contribution in [1.29, 1.82) is 0 Å². The molecule has 1 heterocycles. The number of carboxylic acids is 1. The van der Waals surface area contributed by atoms with Crippen LogP contribution in [0.3, 0.4) is 0 Å². The molecule has 0 amide bonds. The van der Waals surface area contributed by atoms with Gasteiger partial charge >= 0.3 is 5.97 Å². The van der Waals surface area contributed by atoms with Crippen LogP contribution >= 0.6 is 0 Å². The summed E-state index contributed by atoms with van der Waals surface area (Å²) in [7, 11) is -3.79. The average Bonchev–Trinajstić information content (AvgIpc) is 3.11. The number of benzene rings is 1. The first-order chi connectivity index (χ1) is 12.9. The van der Waals surface area contributed by atoms with Gasteiger partial charge in [-0.25, -0.2) is 22.9 Å². The highest BCUT2D eigenvalue weighted by Gasteiger charge is 2.21. The number of nitrogens with zero attached hydrogens (tertiary/aromatic N) is 1.